The molecule has 0 aliphatic carbocycles. The van der Waals surface area contributed by atoms with Crippen LogP contribution in [-0.2, 0) is 9.53 Å². The van der Waals surface area contributed by atoms with E-state index in [1.807, 2.05) is 0 Å². The molecule has 8 nitrogen and oxygen atoms in total. The lowest BCUT2D eigenvalue weighted by Crippen LogP contribution is -2.49. The van der Waals surface area contributed by atoms with E-state index in [0.717, 1.165) is 0 Å². The number of anilines is 1. The van der Waals surface area contributed by atoms with Gasteiger partial charge in [0.25, 0.3) is 5.69 Å². The molecule has 2 amide bonds. The van der Waals surface area contributed by atoms with Crippen LogP contribution in [0.5, 0.6) is 0 Å². The lowest BCUT2D eigenvalue weighted by Gasteiger charge is -2.40. The van der Waals surface area contributed by atoms with Crippen molar-refractivity contribution in [2.24, 2.45) is 0 Å². The van der Waals surface area contributed by atoms with Crippen molar-refractivity contribution in [1.82, 2.24) is 4.90 Å². The molecule has 0 unspecified atom stereocenters. The van der Waals surface area contributed by atoms with Crippen LogP contribution in [0.25, 0.3) is 0 Å². The Bertz CT molecular complexity index is 1040. The summed E-state index contributed by atoms with van der Waals surface area (Å²) >= 11 is 0. The molecule has 0 radical (unpaired) electrons. The minimum absolute atomic E-state index is 0.131. The first-order chi connectivity index (χ1) is 13.8. The van der Waals surface area contributed by atoms with Crippen LogP contribution < -0.4 is 4.90 Å². The van der Waals surface area contributed by atoms with Crippen molar-refractivity contribution in [3.8, 4) is 0 Å². The van der Waals surface area contributed by atoms with Crippen LogP contribution in [0.15, 0.2) is 59.8 Å². The number of non-ortho nitro benzene ring substituents is 1. The quantitative estimate of drug-likeness (QED) is 0.443. The molecule has 2 aromatic carbocycles. The van der Waals surface area contributed by atoms with Crippen LogP contribution in [0, 0.1) is 15.9 Å². The van der Waals surface area contributed by atoms with Crippen molar-refractivity contribution >= 4 is 23.4 Å². The van der Waals surface area contributed by atoms with Crippen molar-refractivity contribution in [2.75, 3.05) is 19.1 Å². The van der Waals surface area contributed by atoms with Gasteiger partial charge in [0.2, 0.25) is 0 Å². The number of urea groups is 1. The topological polar surface area (TPSA) is 93.0 Å². The van der Waals surface area contributed by atoms with Crippen molar-refractivity contribution in [3.63, 3.8) is 0 Å². The maximum Gasteiger partial charge on any atom is 0.337 e. The van der Waals surface area contributed by atoms with Crippen molar-refractivity contribution in [3.05, 3.63) is 81.3 Å². The standard InChI is InChI=1S/C20H18FN3O5/c1-12-17(19(25)29-3)18(13-6-4-7-14(21)10-13)22(2)20(26)23(12)15-8-5-9-16(11-15)24(27)28/h4-11,18H,1-3H3/t18-/m0/s1. The number of rotatable bonds is 4. The highest BCUT2D eigenvalue weighted by Crippen LogP contribution is 2.39. The first-order valence-corrected chi connectivity index (χ1v) is 8.62. The van der Waals surface area contributed by atoms with Crippen molar-refractivity contribution in [1.29, 1.82) is 0 Å². The number of ether oxygens (including phenoxy) is 1. The monoisotopic (exact) mass is 399 g/mol. The molecular weight excluding hydrogens is 381 g/mol. The predicted molar refractivity (Wildman–Crippen MR) is 103 cm³/mol. The second kappa shape index (κ2) is 7.70. The number of hydrogen-bond donors (Lipinski definition) is 0. The van der Waals surface area contributed by atoms with E-state index in [1.165, 1.54) is 66.4 Å². The summed E-state index contributed by atoms with van der Waals surface area (Å²) in [4.78, 5) is 38.8. The number of carbonyl (C=O) groups is 2. The molecular formula is C20H18FN3O5. The highest BCUT2D eigenvalue weighted by Gasteiger charge is 2.41. The van der Waals surface area contributed by atoms with E-state index in [4.69, 9.17) is 4.74 Å². The minimum atomic E-state index is -0.874. The number of halogens is 1. The molecule has 29 heavy (non-hydrogen) atoms. The fraction of sp³-hybridized carbons (Fsp3) is 0.200. The van der Waals surface area contributed by atoms with Gasteiger partial charge in [0.05, 0.1) is 29.3 Å². The SMILES string of the molecule is COC(=O)C1=C(C)N(c2cccc([N+](=O)[O-])c2)C(=O)N(C)[C@H]1c1cccc(F)c1. The molecule has 0 saturated heterocycles. The number of likely N-dealkylation sites (N-methyl/N-ethyl adjacent to an activating group) is 1. The normalized spacial score (nSPS) is 16.8. The molecule has 1 aliphatic rings. The van der Waals surface area contributed by atoms with Gasteiger partial charge in [0, 0.05) is 24.9 Å². The fourth-order valence-corrected chi connectivity index (χ4v) is 3.41. The zero-order valence-electron chi connectivity index (χ0n) is 16.0. The van der Waals surface area contributed by atoms with E-state index < -0.39 is 28.8 Å². The van der Waals surface area contributed by atoms with Crippen molar-refractivity contribution < 1.29 is 23.6 Å². The summed E-state index contributed by atoms with van der Waals surface area (Å²) in [6.07, 6.45) is 0. The van der Waals surface area contributed by atoms with E-state index in [9.17, 15) is 24.1 Å². The molecule has 1 atom stereocenters. The number of benzene rings is 2. The summed E-state index contributed by atoms with van der Waals surface area (Å²) in [5.74, 6) is -1.20. The van der Waals surface area contributed by atoms with Crippen LogP contribution in [0.3, 0.4) is 0 Å². The average Bonchev–Trinajstić information content (AvgIpc) is 2.70. The number of amides is 2. The molecule has 150 valence electrons. The molecule has 0 aromatic heterocycles. The summed E-state index contributed by atoms with van der Waals surface area (Å²) < 4.78 is 18.7. The summed E-state index contributed by atoms with van der Waals surface area (Å²) in [5.41, 5.74) is 0.811. The van der Waals surface area contributed by atoms with E-state index in [2.05, 4.69) is 0 Å². The van der Waals surface area contributed by atoms with E-state index in [-0.39, 0.29) is 22.6 Å². The van der Waals surface area contributed by atoms with Gasteiger partial charge >= 0.3 is 12.0 Å². The van der Waals surface area contributed by atoms with Gasteiger partial charge in [-0.25, -0.2) is 14.0 Å². The highest BCUT2D eigenvalue weighted by molar-refractivity contribution is 6.03. The molecule has 1 aliphatic heterocycles. The Balaban J connectivity index is 2.22. The van der Waals surface area contributed by atoms with Crippen LogP contribution in [-0.4, -0.2) is 36.0 Å². The number of nitrogens with zero attached hydrogens (tertiary/aromatic N) is 3. The number of nitro groups is 1. The van der Waals surface area contributed by atoms with Gasteiger partial charge in [-0.15, -0.1) is 0 Å². The fourth-order valence-electron chi connectivity index (χ4n) is 3.41. The Morgan fingerprint density at radius 1 is 1.21 bits per heavy atom. The number of nitro benzene ring substituents is 1. The Morgan fingerprint density at radius 3 is 2.52 bits per heavy atom. The lowest BCUT2D eigenvalue weighted by molar-refractivity contribution is -0.384. The number of hydrogen-bond acceptors (Lipinski definition) is 5. The van der Waals surface area contributed by atoms with Crippen molar-refractivity contribution in [2.45, 2.75) is 13.0 Å². The maximum atomic E-state index is 13.8. The van der Waals surface area contributed by atoms with Gasteiger partial charge < -0.3 is 9.64 Å². The number of carbonyl (C=O) groups excluding carboxylic acids is 2. The lowest BCUT2D eigenvalue weighted by atomic mass is 9.93. The van der Waals surface area contributed by atoms with Gasteiger partial charge in [-0.05, 0) is 30.7 Å². The molecule has 3 rings (SSSR count). The largest absolute Gasteiger partial charge is 0.466 e. The third-order valence-electron chi connectivity index (χ3n) is 4.75. The van der Waals surface area contributed by atoms with Crippen LogP contribution in [0.2, 0.25) is 0 Å². The molecule has 0 N–H and O–H groups in total. The Hall–Kier alpha value is -3.75. The molecule has 9 heteroatoms. The van der Waals surface area contributed by atoms with E-state index >= 15 is 0 Å². The molecule has 2 aromatic rings. The molecule has 0 bridgehead atoms. The third kappa shape index (κ3) is 3.54. The predicted octanol–water partition coefficient (Wildman–Crippen LogP) is 3.79. The van der Waals surface area contributed by atoms with Gasteiger partial charge in [-0.1, -0.05) is 18.2 Å². The van der Waals surface area contributed by atoms with Gasteiger partial charge in [0.15, 0.2) is 0 Å². The maximum absolute atomic E-state index is 13.8. The second-order valence-corrected chi connectivity index (χ2v) is 6.45. The average molecular weight is 399 g/mol. The first-order valence-electron chi connectivity index (χ1n) is 8.62. The third-order valence-corrected chi connectivity index (χ3v) is 4.75. The van der Waals surface area contributed by atoms with Crippen LogP contribution in [0.1, 0.15) is 18.5 Å². The Morgan fingerprint density at radius 2 is 1.90 bits per heavy atom. The zero-order chi connectivity index (χ0) is 21.3. The van der Waals surface area contributed by atoms with E-state index in [1.54, 1.807) is 13.0 Å². The zero-order valence-corrected chi connectivity index (χ0v) is 16.0. The highest BCUT2D eigenvalue weighted by atomic mass is 19.1. The number of methoxy groups -OCH3 is 1. The Labute approximate surface area is 165 Å². The second-order valence-electron chi connectivity index (χ2n) is 6.45. The number of esters is 1. The molecule has 1 heterocycles. The van der Waals surface area contributed by atoms with Crippen LogP contribution >= 0.6 is 0 Å². The molecule has 0 saturated carbocycles. The smallest absolute Gasteiger partial charge is 0.337 e. The van der Waals surface area contributed by atoms with Gasteiger partial charge in [0.1, 0.15) is 5.82 Å². The minimum Gasteiger partial charge on any atom is -0.466 e. The Kier molecular flexibility index (Phi) is 5.31. The summed E-state index contributed by atoms with van der Waals surface area (Å²) in [5, 5.41) is 11.1. The summed E-state index contributed by atoms with van der Waals surface area (Å²) in [6, 6.07) is 9.72. The van der Waals surface area contributed by atoms with Gasteiger partial charge in [-0.3, -0.25) is 15.0 Å². The van der Waals surface area contributed by atoms with Gasteiger partial charge in [-0.2, -0.15) is 0 Å². The molecule has 0 spiro atoms. The van der Waals surface area contributed by atoms with Crippen LogP contribution in [0.4, 0.5) is 20.6 Å². The number of allylic oxidation sites excluding steroid dienone is 1. The van der Waals surface area contributed by atoms with E-state index in [0.29, 0.717) is 5.56 Å². The molecule has 0 fully saturated rings. The summed E-state index contributed by atoms with van der Waals surface area (Å²) in [6.45, 7) is 1.54. The first kappa shape index (κ1) is 20.0. The summed E-state index contributed by atoms with van der Waals surface area (Å²) in [7, 11) is 2.68.